The maximum absolute atomic E-state index is 11.2. The summed E-state index contributed by atoms with van der Waals surface area (Å²) in [5.41, 5.74) is 0.849. The van der Waals surface area contributed by atoms with E-state index in [0.29, 0.717) is 6.42 Å². The van der Waals surface area contributed by atoms with E-state index in [9.17, 15) is 9.59 Å². The van der Waals surface area contributed by atoms with E-state index in [-0.39, 0.29) is 17.5 Å². The average Bonchev–Trinajstić information content (AvgIpc) is 2.07. The highest BCUT2D eigenvalue weighted by Gasteiger charge is 2.27. The molecule has 0 aromatic rings. The first-order valence-electron chi connectivity index (χ1n) is 3.75. The zero-order valence-corrected chi connectivity index (χ0v) is 6.36. The van der Waals surface area contributed by atoms with Crippen molar-refractivity contribution in [1.82, 2.24) is 0 Å². The molecule has 1 heterocycles. The minimum atomic E-state index is -0.264. The van der Waals surface area contributed by atoms with Crippen LogP contribution in [0.25, 0.3) is 0 Å². The predicted octanol–water partition coefficient (Wildman–Crippen LogP) is 0.669. The SMILES string of the molecule is O=C1C=CC2=CN=CC(=O)C2C1. The van der Waals surface area contributed by atoms with E-state index < -0.39 is 0 Å². The summed E-state index contributed by atoms with van der Waals surface area (Å²) < 4.78 is 0. The van der Waals surface area contributed by atoms with Gasteiger partial charge in [-0.1, -0.05) is 6.08 Å². The van der Waals surface area contributed by atoms with Gasteiger partial charge in [-0.15, -0.1) is 0 Å². The minimum absolute atomic E-state index is 0.0146. The van der Waals surface area contributed by atoms with Gasteiger partial charge in [0, 0.05) is 12.6 Å². The Balaban J connectivity index is 2.40. The molecule has 0 amide bonds. The highest BCUT2D eigenvalue weighted by Crippen LogP contribution is 2.24. The molecular weight excluding hydrogens is 154 g/mol. The summed E-state index contributed by atoms with van der Waals surface area (Å²) in [4.78, 5) is 25.9. The Morgan fingerprint density at radius 1 is 1.33 bits per heavy atom. The van der Waals surface area contributed by atoms with Crippen molar-refractivity contribution < 1.29 is 9.59 Å². The lowest BCUT2D eigenvalue weighted by molar-refractivity contribution is -0.121. The van der Waals surface area contributed by atoms with Gasteiger partial charge in [0.25, 0.3) is 0 Å². The van der Waals surface area contributed by atoms with Gasteiger partial charge in [0.2, 0.25) is 0 Å². The smallest absolute Gasteiger partial charge is 0.181 e. The van der Waals surface area contributed by atoms with Gasteiger partial charge in [-0.25, -0.2) is 0 Å². The number of nitrogens with zero attached hydrogens (tertiary/aromatic N) is 1. The maximum Gasteiger partial charge on any atom is 0.181 e. The molecule has 12 heavy (non-hydrogen) atoms. The van der Waals surface area contributed by atoms with Crippen molar-refractivity contribution in [3.05, 3.63) is 23.9 Å². The first-order chi connectivity index (χ1) is 5.77. The van der Waals surface area contributed by atoms with Crippen LogP contribution < -0.4 is 0 Å². The zero-order valence-electron chi connectivity index (χ0n) is 6.36. The topological polar surface area (TPSA) is 46.5 Å². The van der Waals surface area contributed by atoms with Gasteiger partial charge >= 0.3 is 0 Å². The van der Waals surface area contributed by atoms with Gasteiger partial charge in [0.05, 0.1) is 12.1 Å². The summed E-state index contributed by atoms with van der Waals surface area (Å²) in [6.07, 6.45) is 6.38. The van der Waals surface area contributed by atoms with E-state index in [1.165, 1.54) is 12.3 Å². The summed E-state index contributed by atoms with van der Waals surface area (Å²) >= 11 is 0. The van der Waals surface area contributed by atoms with Crippen molar-refractivity contribution in [2.24, 2.45) is 10.9 Å². The fraction of sp³-hybridized carbons (Fsp3) is 0.222. The molecule has 1 atom stereocenters. The summed E-state index contributed by atoms with van der Waals surface area (Å²) in [5.74, 6) is -0.314. The molecule has 0 aromatic carbocycles. The molecule has 2 aliphatic rings. The Morgan fingerprint density at radius 2 is 2.17 bits per heavy atom. The molecule has 3 heteroatoms. The Labute approximate surface area is 69.5 Å². The maximum atomic E-state index is 11.2. The van der Waals surface area contributed by atoms with Gasteiger partial charge in [0.1, 0.15) is 0 Å². The van der Waals surface area contributed by atoms with Crippen molar-refractivity contribution in [2.75, 3.05) is 0 Å². The summed E-state index contributed by atoms with van der Waals surface area (Å²) in [7, 11) is 0. The Hall–Kier alpha value is -1.51. The molecule has 1 aliphatic heterocycles. The molecule has 0 radical (unpaired) electrons. The number of carbonyl (C=O) groups is 2. The number of hydrogen-bond donors (Lipinski definition) is 0. The van der Waals surface area contributed by atoms with E-state index in [0.717, 1.165) is 5.57 Å². The van der Waals surface area contributed by atoms with Crippen molar-refractivity contribution in [3.63, 3.8) is 0 Å². The molecule has 0 bridgehead atoms. The molecule has 0 aromatic heterocycles. The molecule has 1 unspecified atom stereocenters. The number of Topliss-reactive ketones (excluding diaryl/α,β-unsaturated/α-hetero) is 1. The minimum Gasteiger partial charge on any atom is -0.295 e. The quantitative estimate of drug-likeness (QED) is 0.524. The highest BCUT2D eigenvalue weighted by molar-refractivity contribution is 6.31. The van der Waals surface area contributed by atoms with Crippen LogP contribution >= 0.6 is 0 Å². The first-order valence-corrected chi connectivity index (χ1v) is 3.75. The van der Waals surface area contributed by atoms with Crippen LogP contribution in [0.4, 0.5) is 0 Å². The molecule has 1 aliphatic carbocycles. The number of hydrogen-bond acceptors (Lipinski definition) is 3. The van der Waals surface area contributed by atoms with E-state index in [1.54, 1.807) is 12.3 Å². The number of fused-ring (bicyclic) bond motifs is 1. The number of allylic oxidation sites excluding steroid dienone is 3. The summed E-state index contributed by atoms with van der Waals surface area (Å²) in [6, 6.07) is 0. The lowest BCUT2D eigenvalue weighted by atomic mass is 9.85. The van der Waals surface area contributed by atoms with E-state index in [4.69, 9.17) is 0 Å². The normalized spacial score (nSPS) is 27.0. The molecule has 3 nitrogen and oxygen atoms in total. The number of ketones is 2. The lowest BCUT2D eigenvalue weighted by Gasteiger charge is -2.18. The third-order valence-electron chi connectivity index (χ3n) is 2.04. The van der Waals surface area contributed by atoms with Crippen LogP contribution in [0.1, 0.15) is 6.42 Å². The van der Waals surface area contributed by atoms with E-state index in [2.05, 4.69) is 4.99 Å². The summed E-state index contributed by atoms with van der Waals surface area (Å²) in [5, 5.41) is 0. The summed E-state index contributed by atoms with van der Waals surface area (Å²) in [6.45, 7) is 0. The fourth-order valence-corrected chi connectivity index (χ4v) is 1.38. The van der Waals surface area contributed by atoms with Crippen molar-refractivity contribution in [2.45, 2.75) is 6.42 Å². The second kappa shape index (κ2) is 2.52. The molecular formula is C9H7NO2. The second-order valence-corrected chi connectivity index (χ2v) is 2.87. The Morgan fingerprint density at radius 3 is 3.00 bits per heavy atom. The van der Waals surface area contributed by atoms with Crippen molar-refractivity contribution in [3.8, 4) is 0 Å². The van der Waals surface area contributed by atoms with Crippen LogP contribution in [0.5, 0.6) is 0 Å². The van der Waals surface area contributed by atoms with E-state index >= 15 is 0 Å². The zero-order chi connectivity index (χ0) is 8.55. The third-order valence-corrected chi connectivity index (χ3v) is 2.04. The molecule has 0 saturated carbocycles. The fourth-order valence-electron chi connectivity index (χ4n) is 1.38. The molecule has 0 N–H and O–H groups in total. The highest BCUT2D eigenvalue weighted by atomic mass is 16.1. The van der Waals surface area contributed by atoms with Crippen LogP contribution in [0.2, 0.25) is 0 Å². The van der Waals surface area contributed by atoms with Crippen LogP contribution in [0.15, 0.2) is 28.9 Å². The molecule has 0 fully saturated rings. The molecule has 0 saturated heterocycles. The van der Waals surface area contributed by atoms with Crippen molar-refractivity contribution in [1.29, 1.82) is 0 Å². The molecule has 0 spiro atoms. The number of rotatable bonds is 0. The third kappa shape index (κ3) is 1.03. The van der Waals surface area contributed by atoms with Crippen molar-refractivity contribution >= 4 is 17.8 Å². The van der Waals surface area contributed by atoms with Crippen LogP contribution in [-0.4, -0.2) is 17.8 Å². The van der Waals surface area contributed by atoms with Crippen LogP contribution in [0.3, 0.4) is 0 Å². The van der Waals surface area contributed by atoms with E-state index in [1.807, 2.05) is 0 Å². The Kier molecular flexibility index (Phi) is 1.50. The Bertz CT molecular complexity index is 336. The van der Waals surface area contributed by atoms with Gasteiger partial charge < -0.3 is 0 Å². The lowest BCUT2D eigenvalue weighted by Crippen LogP contribution is -2.24. The molecule has 2 rings (SSSR count). The van der Waals surface area contributed by atoms with Gasteiger partial charge in [-0.3, -0.25) is 14.6 Å². The largest absolute Gasteiger partial charge is 0.295 e. The molecule has 60 valence electrons. The number of aliphatic imine (C=N–C) groups is 1. The van der Waals surface area contributed by atoms with Crippen LogP contribution in [0, 0.1) is 5.92 Å². The van der Waals surface area contributed by atoms with Gasteiger partial charge in [-0.05, 0) is 11.6 Å². The predicted molar refractivity (Wildman–Crippen MR) is 43.8 cm³/mol. The first kappa shape index (κ1) is 7.16. The second-order valence-electron chi connectivity index (χ2n) is 2.87. The van der Waals surface area contributed by atoms with Gasteiger partial charge in [-0.2, -0.15) is 0 Å². The number of carbonyl (C=O) groups excluding carboxylic acids is 2. The van der Waals surface area contributed by atoms with Crippen LogP contribution in [-0.2, 0) is 9.59 Å². The average molecular weight is 161 g/mol. The monoisotopic (exact) mass is 161 g/mol. The van der Waals surface area contributed by atoms with Gasteiger partial charge in [0.15, 0.2) is 11.6 Å². The standard InChI is InChI=1S/C9H7NO2/c11-7-2-1-6-4-10-5-9(12)8(6)3-7/h1-2,4-5,8H,3H2.